The Labute approximate surface area is 155 Å². The first-order valence-electron chi connectivity index (χ1n) is 11.1. The third-order valence-corrected chi connectivity index (χ3v) is 7.40. The molecule has 3 aliphatic carbocycles. The highest BCUT2D eigenvalue weighted by Crippen LogP contribution is 2.47. The Kier molecular flexibility index (Phi) is 7.13. The van der Waals surface area contributed by atoms with E-state index in [0.29, 0.717) is 18.4 Å². The van der Waals surface area contributed by atoms with Gasteiger partial charge in [-0.2, -0.15) is 4.91 Å². The van der Waals surface area contributed by atoms with E-state index in [4.69, 9.17) is 0 Å². The van der Waals surface area contributed by atoms with Gasteiger partial charge in [-0.05, 0) is 67.1 Å². The first-order valence-corrected chi connectivity index (χ1v) is 11.1. The topological polar surface area (TPSA) is 29.4 Å². The van der Waals surface area contributed by atoms with Crippen molar-refractivity contribution in [2.75, 3.05) is 6.54 Å². The third kappa shape index (κ3) is 5.93. The Morgan fingerprint density at radius 2 is 1.56 bits per heavy atom. The molecule has 6 unspecified atom stereocenters. The summed E-state index contributed by atoms with van der Waals surface area (Å²) < 4.78 is 0. The molecule has 142 valence electrons. The fraction of sp³-hybridized carbons (Fsp3) is 0.913. The fourth-order valence-corrected chi connectivity index (χ4v) is 5.77. The van der Waals surface area contributed by atoms with Crippen molar-refractivity contribution in [1.29, 1.82) is 0 Å². The molecule has 0 radical (unpaired) electrons. The van der Waals surface area contributed by atoms with Crippen molar-refractivity contribution in [2.45, 2.75) is 84.5 Å². The summed E-state index contributed by atoms with van der Waals surface area (Å²) in [6, 6.07) is 0. The minimum Gasteiger partial charge on any atom is -0.151 e. The van der Waals surface area contributed by atoms with Crippen LogP contribution in [0.25, 0.3) is 0 Å². The molecule has 25 heavy (non-hydrogen) atoms. The van der Waals surface area contributed by atoms with Gasteiger partial charge in [0, 0.05) is 0 Å². The standard InChI is InChI=1S/C23H39NO/c1-17(16-24-25)7-8-18(2)23-6-4-3-5-22(23)15-21-12-11-20(14-21)13-19-9-10-19/h7-8,17-23H,3-6,9-16H2,1-2H3/b8-7+. The summed E-state index contributed by atoms with van der Waals surface area (Å²) in [5.74, 6) is 5.95. The van der Waals surface area contributed by atoms with E-state index in [0.717, 1.165) is 29.6 Å². The molecule has 3 aliphatic rings. The van der Waals surface area contributed by atoms with Crippen molar-refractivity contribution in [3.63, 3.8) is 0 Å². The molecule has 3 rings (SSSR count). The van der Waals surface area contributed by atoms with Crippen LogP contribution in [0.1, 0.15) is 84.5 Å². The van der Waals surface area contributed by atoms with E-state index in [1.807, 2.05) is 0 Å². The van der Waals surface area contributed by atoms with Crippen LogP contribution in [-0.2, 0) is 0 Å². The van der Waals surface area contributed by atoms with Gasteiger partial charge in [0.05, 0.1) is 6.54 Å². The van der Waals surface area contributed by atoms with E-state index in [1.165, 1.54) is 64.2 Å². The van der Waals surface area contributed by atoms with Gasteiger partial charge < -0.3 is 0 Å². The van der Waals surface area contributed by atoms with Crippen LogP contribution in [0, 0.1) is 46.3 Å². The normalized spacial score (nSPS) is 35.8. The van der Waals surface area contributed by atoms with Gasteiger partial charge in [-0.3, -0.25) is 0 Å². The predicted molar refractivity (Wildman–Crippen MR) is 106 cm³/mol. The highest BCUT2D eigenvalue weighted by molar-refractivity contribution is 4.96. The Bertz CT molecular complexity index is 441. The second-order valence-electron chi connectivity index (χ2n) is 9.70. The number of allylic oxidation sites excluding steroid dienone is 1. The van der Waals surface area contributed by atoms with E-state index in [-0.39, 0.29) is 0 Å². The molecule has 0 bridgehead atoms. The van der Waals surface area contributed by atoms with E-state index in [2.05, 4.69) is 31.2 Å². The molecular formula is C23H39NO. The average molecular weight is 346 g/mol. The Morgan fingerprint density at radius 1 is 0.880 bits per heavy atom. The number of rotatable bonds is 9. The molecule has 3 fully saturated rings. The molecule has 0 saturated heterocycles. The van der Waals surface area contributed by atoms with Crippen molar-refractivity contribution < 1.29 is 0 Å². The summed E-state index contributed by atoms with van der Waals surface area (Å²) in [6.07, 6.45) is 21.0. The van der Waals surface area contributed by atoms with Gasteiger partial charge in [0.25, 0.3) is 0 Å². The maximum absolute atomic E-state index is 10.4. The zero-order valence-electron chi connectivity index (χ0n) is 16.5. The van der Waals surface area contributed by atoms with Crippen LogP contribution in [-0.4, -0.2) is 6.54 Å². The van der Waals surface area contributed by atoms with E-state index in [1.54, 1.807) is 6.42 Å². The molecule has 2 nitrogen and oxygen atoms in total. The molecule has 0 heterocycles. The minimum atomic E-state index is 0.292. The number of hydrogen-bond acceptors (Lipinski definition) is 2. The van der Waals surface area contributed by atoms with Crippen LogP contribution in [0.4, 0.5) is 0 Å². The van der Waals surface area contributed by atoms with Crippen molar-refractivity contribution in [1.82, 2.24) is 0 Å². The number of nitroso groups, excluding NO2 is 1. The molecular weight excluding hydrogens is 306 g/mol. The second kappa shape index (κ2) is 9.33. The summed E-state index contributed by atoms with van der Waals surface area (Å²) in [4.78, 5) is 10.4. The van der Waals surface area contributed by atoms with Crippen molar-refractivity contribution in [2.24, 2.45) is 46.6 Å². The summed E-state index contributed by atoms with van der Waals surface area (Å²) in [7, 11) is 0. The summed E-state index contributed by atoms with van der Waals surface area (Å²) in [6.45, 7) is 4.92. The lowest BCUT2D eigenvalue weighted by molar-refractivity contribution is 0.161. The summed E-state index contributed by atoms with van der Waals surface area (Å²) >= 11 is 0. The van der Waals surface area contributed by atoms with Crippen LogP contribution >= 0.6 is 0 Å². The lowest BCUT2D eigenvalue weighted by atomic mass is 9.69. The van der Waals surface area contributed by atoms with Crippen LogP contribution in [0.15, 0.2) is 17.3 Å². The van der Waals surface area contributed by atoms with Crippen LogP contribution < -0.4 is 0 Å². The van der Waals surface area contributed by atoms with Gasteiger partial charge in [-0.25, -0.2) is 0 Å². The van der Waals surface area contributed by atoms with Crippen LogP contribution in [0.3, 0.4) is 0 Å². The van der Waals surface area contributed by atoms with Crippen LogP contribution in [0.5, 0.6) is 0 Å². The highest BCUT2D eigenvalue weighted by Gasteiger charge is 2.35. The average Bonchev–Trinajstić information content (AvgIpc) is 3.31. The maximum Gasteiger partial charge on any atom is 0.0871 e. The molecule has 0 N–H and O–H groups in total. The van der Waals surface area contributed by atoms with Gasteiger partial charge in [-0.1, -0.05) is 76.1 Å². The van der Waals surface area contributed by atoms with Crippen molar-refractivity contribution >= 4 is 0 Å². The van der Waals surface area contributed by atoms with Crippen LogP contribution in [0.2, 0.25) is 0 Å². The van der Waals surface area contributed by atoms with E-state index < -0.39 is 0 Å². The largest absolute Gasteiger partial charge is 0.151 e. The summed E-state index contributed by atoms with van der Waals surface area (Å²) in [5.41, 5.74) is 0. The quantitative estimate of drug-likeness (QED) is 0.327. The minimum absolute atomic E-state index is 0.292. The number of hydrogen-bond donors (Lipinski definition) is 0. The molecule has 2 heteroatoms. The first kappa shape index (κ1) is 19.1. The van der Waals surface area contributed by atoms with E-state index >= 15 is 0 Å². The molecule has 3 saturated carbocycles. The lowest BCUT2D eigenvalue weighted by Crippen LogP contribution is -2.26. The molecule has 0 aliphatic heterocycles. The monoisotopic (exact) mass is 345 g/mol. The van der Waals surface area contributed by atoms with Crippen molar-refractivity contribution in [3.8, 4) is 0 Å². The molecule has 0 amide bonds. The number of nitrogens with zero attached hydrogens (tertiary/aromatic N) is 1. The van der Waals surface area contributed by atoms with Crippen molar-refractivity contribution in [3.05, 3.63) is 17.1 Å². The van der Waals surface area contributed by atoms with Gasteiger partial charge in [0.15, 0.2) is 0 Å². The van der Waals surface area contributed by atoms with Gasteiger partial charge >= 0.3 is 0 Å². The predicted octanol–water partition coefficient (Wildman–Crippen LogP) is 6.99. The third-order valence-electron chi connectivity index (χ3n) is 7.40. The van der Waals surface area contributed by atoms with Gasteiger partial charge in [-0.15, -0.1) is 0 Å². The van der Waals surface area contributed by atoms with Gasteiger partial charge in [0.1, 0.15) is 0 Å². The zero-order chi connectivity index (χ0) is 17.6. The van der Waals surface area contributed by atoms with E-state index in [9.17, 15) is 4.91 Å². The SMILES string of the molecule is CC(/C=C/C(C)C1CCCCC1CC1CCC(CC2CC2)C1)CN=O. The zero-order valence-corrected chi connectivity index (χ0v) is 16.5. The molecule has 0 spiro atoms. The molecule has 0 aromatic rings. The molecule has 0 aromatic carbocycles. The smallest absolute Gasteiger partial charge is 0.0871 e. The fourth-order valence-electron chi connectivity index (χ4n) is 5.77. The maximum atomic E-state index is 10.4. The Balaban J connectivity index is 1.49. The molecule has 0 aromatic heterocycles. The second-order valence-corrected chi connectivity index (χ2v) is 9.70. The summed E-state index contributed by atoms with van der Waals surface area (Å²) in [5, 5.41) is 3.04. The first-order chi connectivity index (χ1) is 12.2. The lowest BCUT2D eigenvalue weighted by Gasteiger charge is -2.36. The highest BCUT2D eigenvalue weighted by atomic mass is 16.3. The van der Waals surface area contributed by atoms with Gasteiger partial charge in [0.2, 0.25) is 0 Å². The Morgan fingerprint density at radius 3 is 2.28 bits per heavy atom. The Hall–Kier alpha value is -0.660. The molecule has 6 atom stereocenters.